The van der Waals surface area contributed by atoms with Crippen LogP contribution in [0.25, 0.3) is 0 Å². The van der Waals surface area contributed by atoms with Crippen molar-refractivity contribution in [3.8, 4) is 17.6 Å². The average Bonchev–Trinajstić information content (AvgIpc) is 3.04. The summed E-state index contributed by atoms with van der Waals surface area (Å²) >= 11 is 0. The van der Waals surface area contributed by atoms with Crippen molar-refractivity contribution in [2.75, 3.05) is 6.61 Å². The van der Waals surface area contributed by atoms with Crippen LogP contribution < -0.4 is 15.2 Å². The average molecular weight is 256 g/mol. The molecule has 2 fully saturated rings. The van der Waals surface area contributed by atoms with E-state index in [1.54, 1.807) is 6.07 Å². The minimum absolute atomic E-state index is 0.128. The summed E-state index contributed by atoms with van der Waals surface area (Å²) in [5, 5.41) is 9.17. The minimum Gasteiger partial charge on any atom is -0.491 e. The highest BCUT2D eigenvalue weighted by molar-refractivity contribution is 5.62. The van der Waals surface area contributed by atoms with Gasteiger partial charge in [-0.25, -0.2) is 0 Å². The zero-order valence-electron chi connectivity index (χ0n) is 10.7. The Balaban J connectivity index is 1.72. The Morgan fingerprint density at radius 1 is 1.37 bits per heavy atom. The number of ether oxygens (including phenoxy) is 2. The molecule has 1 aliphatic heterocycles. The molecule has 1 spiro atoms. The molecule has 3 aliphatic rings. The lowest BCUT2D eigenvalue weighted by atomic mass is 9.89. The summed E-state index contributed by atoms with van der Waals surface area (Å²) in [5.74, 6) is 1.65. The van der Waals surface area contributed by atoms with Gasteiger partial charge in [0.25, 0.3) is 0 Å². The predicted octanol–water partition coefficient (Wildman–Crippen LogP) is 1.85. The van der Waals surface area contributed by atoms with Crippen LogP contribution in [0.4, 0.5) is 0 Å². The molecule has 0 aromatic heterocycles. The fourth-order valence-electron chi connectivity index (χ4n) is 3.11. The van der Waals surface area contributed by atoms with Crippen LogP contribution in [0.2, 0.25) is 0 Å². The van der Waals surface area contributed by atoms with Crippen LogP contribution >= 0.6 is 0 Å². The predicted molar refractivity (Wildman–Crippen MR) is 69.2 cm³/mol. The van der Waals surface area contributed by atoms with Crippen molar-refractivity contribution >= 4 is 0 Å². The molecule has 2 aliphatic carbocycles. The Hall–Kier alpha value is -1.73. The molecule has 98 valence electrons. The fraction of sp³-hybridized carbons (Fsp3) is 0.533. The molecule has 2 saturated carbocycles. The van der Waals surface area contributed by atoms with Crippen LogP contribution in [0.1, 0.15) is 36.8 Å². The van der Waals surface area contributed by atoms with E-state index >= 15 is 0 Å². The number of hydrogen-bond acceptors (Lipinski definition) is 4. The first-order chi connectivity index (χ1) is 9.22. The van der Waals surface area contributed by atoms with Gasteiger partial charge in [0.1, 0.15) is 23.7 Å². The maximum Gasteiger partial charge on any atom is 0.144 e. The van der Waals surface area contributed by atoms with Gasteiger partial charge in [-0.1, -0.05) is 0 Å². The van der Waals surface area contributed by atoms with E-state index in [-0.39, 0.29) is 17.6 Å². The van der Waals surface area contributed by atoms with Crippen LogP contribution in [-0.4, -0.2) is 18.8 Å². The SMILES string of the molecule is N#Cc1ccc(OC2CC(N)C2)c2c1OCC21CC1. The fourth-order valence-corrected chi connectivity index (χ4v) is 3.11. The van der Waals surface area contributed by atoms with Crippen LogP contribution in [0, 0.1) is 11.3 Å². The van der Waals surface area contributed by atoms with Gasteiger partial charge in [-0.05, 0) is 37.8 Å². The van der Waals surface area contributed by atoms with E-state index in [2.05, 4.69) is 6.07 Å². The highest BCUT2D eigenvalue weighted by Gasteiger charge is 2.53. The lowest BCUT2D eigenvalue weighted by molar-refractivity contribution is 0.0994. The zero-order chi connectivity index (χ0) is 13.0. The number of rotatable bonds is 2. The molecular weight excluding hydrogens is 240 g/mol. The van der Waals surface area contributed by atoms with Crippen LogP contribution in [-0.2, 0) is 5.41 Å². The van der Waals surface area contributed by atoms with Crippen molar-refractivity contribution in [2.45, 2.75) is 43.2 Å². The third kappa shape index (κ3) is 1.55. The van der Waals surface area contributed by atoms with Gasteiger partial charge in [-0.15, -0.1) is 0 Å². The second-order valence-electron chi connectivity index (χ2n) is 5.97. The van der Waals surface area contributed by atoms with E-state index in [4.69, 9.17) is 20.5 Å². The lowest BCUT2D eigenvalue weighted by Gasteiger charge is -2.33. The maximum absolute atomic E-state index is 9.17. The van der Waals surface area contributed by atoms with Gasteiger partial charge in [0, 0.05) is 17.0 Å². The number of hydrogen-bond donors (Lipinski definition) is 1. The monoisotopic (exact) mass is 256 g/mol. The summed E-state index contributed by atoms with van der Waals surface area (Å²) in [6.45, 7) is 0.696. The van der Waals surface area contributed by atoms with E-state index in [9.17, 15) is 0 Å². The Bertz CT molecular complexity index is 581. The maximum atomic E-state index is 9.17. The molecule has 4 rings (SSSR count). The molecule has 4 heteroatoms. The molecule has 1 aromatic rings. The summed E-state index contributed by atoms with van der Waals surface area (Å²) in [4.78, 5) is 0. The number of nitriles is 1. The second kappa shape index (κ2) is 3.64. The molecule has 0 unspecified atom stereocenters. The number of benzene rings is 1. The third-order valence-corrected chi connectivity index (χ3v) is 4.54. The Kier molecular flexibility index (Phi) is 2.13. The highest BCUT2D eigenvalue weighted by Crippen LogP contribution is 2.59. The van der Waals surface area contributed by atoms with Gasteiger partial charge in [-0.3, -0.25) is 0 Å². The van der Waals surface area contributed by atoms with Crippen molar-refractivity contribution in [2.24, 2.45) is 5.73 Å². The van der Waals surface area contributed by atoms with E-state index in [0.29, 0.717) is 12.2 Å². The van der Waals surface area contributed by atoms with E-state index < -0.39 is 0 Å². The molecule has 0 radical (unpaired) electrons. The normalized spacial score (nSPS) is 29.1. The number of nitrogens with zero attached hydrogens (tertiary/aromatic N) is 1. The van der Waals surface area contributed by atoms with E-state index in [0.717, 1.165) is 42.7 Å². The molecular formula is C15H16N2O2. The van der Waals surface area contributed by atoms with Gasteiger partial charge in [0.15, 0.2) is 0 Å². The van der Waals surface area contributed by atoms with Crippen LogP contribution in [0.5, 0.6) is 11.5 Å². The van der Waals surface area contributed by atoms with Gasteiger partial charge in [0.2, 0.25) is 0 Å². The van der Waals surface area contributed by atoms with Gasteiger partial charge >= 0.3 is 0 Å². The first-order valence-electron chi connectivity index (χ1n) is 6.84. The molecule has 0 amide bonds. The second-order valence-corrected chi connectivity index (χ2v) is 5.97. The molecule has 2 N–H and O–H groups in total. The van der Waals surface area contributed by atoms with E-state index in [1.165, 1.54) is 0 Å². The summed E-state index contributed by atoms with van der Waals surface area (Å²) in [6, 6.07) is 6.21. The first kappa shape index (κ1) is 11.1. The quantitative estimate of drug-likeness (QED) is 0.876. The topological polar surface area (TPSA) is 68.3 Å². The molecule has 0 saturated heterocycles. The Morgan fingerprint density at radius 3 is 2.79 bits per heavy atom. The molecule has 1 heterocycles. The summed E-state index contributed by atoms with van der Waals surface area (Å²) < 4.78 is 11.8. The summed E-state index contributed by atoms with van der Waals surface area (Å²) in [6.07, 6.45) is 4.33. The molecule has 19 heavy (non-hydrogen) atoms. The minimum atomic E-state index is 0.128. The zero-order valence-corrected chi connectivity index (χ0v) is 10.7. The number of fused-ring (bicyclic) bond motifs is 2. The molecule has 0 bridgehead atoms. The van der Waals surface area contributed by atoms with Crippen LogP contribution in [0.15, 0.2) is 12.1 Å². The van der Waals surface area contributed by atoms with Crippen molar-refractivity contribution < 1.29 is 9.47 Å². The van der Waals surface area contributed by atoms with Gasteiger partial charge < -0.3 is 15.2 Å². The summed E-state index contributed by atoms with van der Waals surface area (Å²) in [7, 11) is 0. The van der Waals surface area contributed by atoms with Crippen LogP contribution in [0.3, 0.4) is 0 Å². The Labute approximate surface area is 112 Å². The highest BCUT2D eigenvalue weighted by atomic mass is 16.5. The largest absolute Gasteiger partial charge is 0.491 e. The first-order valence-corrected chi connectivity index (χ1v) is 6.84. The van der Waals surface area contributed by atoms with Crippen molar-refractivity contribution in [1.82, 2.24) is 0 Å². The van der Waals surface area contributed by atoms with Gasteiger partial charge in [0.05, 0.1) is 12.2 Å². The van der Waals surface area contributed by atoms with Crippen molar-refractivity contribution in [3.63, 3.8) is 0 Å². The van der Waals surface area contributed by atoms with Gasteiger partial charge in [-0.2, -0.15) is 5.26 Å². The molecule has 1 aromatic carbocycles. The molecule has 0 atom stereocenters. The Morgan fingerprint density at radius 2 is 2.16 bits per heavy atom. The van der Waals surface area contributed by atoms with E-state index in [1.807, 2.05) is 6.07 Å². The standard InChI is InChI=1S/C15H16N2O2/c16-7-9-1-2-12(19-11-5-10(17)6-11)13-14(9)18-8-15(13)3-4-15/h1-2,10-11H,3-6,8,17H2. The lowest BCUT2D eigenvalue weighted by Crippen LogP contribution is -2.43. The number of nitrogens with two attached hydrogens (primary N) is 1. The third-order valence-electron chi connectivity index (χ3n) is 4.54. The summed E-state index contributed by atoms with van der Waals surface area (Å²) in [5.41, 5.74) is 7.68. The molecule has 4 nitrogen and oxygen atoms in total. The van der Waals surface area contributed by atoms with Crippen molar-refractivity contribution in [1.29, 1.82) is 5.26 Å². The smallest absolute Gasteiger partial charge is 0.144 e. The van der Waals surface area contributed by atoms with Crippen molar-refractivity contribution in [3.05, 3.63) is 23.3 Å².